The number of nitro groups is 1. The lowest BCUT2D eigenvalue weighted by atomic mass is 10.0. The van der Waals surface area contributed by atoms with Gasteiger partial charge in [-0.15, -0.1) is 0 Å². The molecule has 2 aromatic heterocycles. The van der Waals surface area contributed by atoms with Gasteiger partial charge >= 0.3 is 5.69 Å². The molecule has 1 fully saturated rings. The molecule has 0 atom stereocenters. The summed E-state index contributed by atoms with van der Waals surface area (Å²) in [6.07, 6.45) is 7.66. The summed E-state index contributed by atoms with van der Waals surface area (Å²) in [4.78, 5) is 21.5. The maximum Gasteiger partial charge on any atom is 0.311 e. The van der Waals surface area contributed by atoms with Crippen molar-refractivity contribution in [2.75, 3.05) is 18.0 Å². The minimum atomic E-state index is -0.367. The number of aryl methyl sites for hydroxylation is 1. The summed E-state index contributed by atoms with van der Waals surface area (Å²) < 4.78 is 0. The zero-order valence-corrected chi connectivity index (χ0v) is 15.2. The van der Waals surface area contributed by atoms with E-state index in [-0.39, 0.29) is 10.6 Å². The van der Waals surface area contributed by atoms with Crippen molar-refractivity contribution in [3.63, 3.8) is 0 Å². The van der Waals surface area contributed by atoms with Crippen LogP contribution in [0.25, 0.3) is 6.08 Å². The molecule has 7 heteroatoms. The van der Waals surface area contributed by atoms with Crippen LogP contribution in [-0.4, -0.2) is 28.0 Å². The number of halogens is 1. The smallest absolute Gasteiger partial charge is 0.311 e. The molecule has 1 aliphatic rings. The molecule has 0 amide bonds. The van der Waals surface area contributed by atoms with Crippen LogP contribution in [0.1, 0.15) is 24.2 Å². The van der Waals surface area contributed by atoms with Crippen molar-refractivity contribution in [3.05, 3.63) is 74.7 Å². The summed E-state index contributed by atoms with van der Waals surface area (Å²) in [5.74, 6) is 0.465. The zero-order chi connectivity index (χ0) is 18.5. The van der Waals surface area contributed by atoms with Crippen LogP contribution in [0.4, 0.5) is 11.5 Å². The number of hydrogen-bond acceptors (Lipinski definition) is 5. The van der Waals surface area contributed by atoms with E-state index >= 15 is 0 Å². The van der Waals surface area contributed by atoms with Crippen molar-refractivity contribution in [1.82, 2.24) is 9.97 Å². The van der Waals surface area contributed by atoms with Crippen LogP contribution in [0.15, 0.2) is 48.1 Å². The monoisotopic (exact) mass is 370 g/mol. The molecule has 0 radical (unpaired) electrons. The van der Waals surface area contributed by atoms with Gasteiger partial charge in [-0.1, -0.05) is 35.4 Å². The highest BCUT2D eigenvalue weighted by molar-refractivity contribution is 6.29. The lowest BCUT2D eigenvalue weighted by molar-refractivity contribution is -0.384. The Morgan fingerprint density at radius 3 is 2.65 bits per heavy atom. The number of nitrogens with zero attached hydrogens (tertiary/aromatic N) is 4. The van der Waals surface area contributed by atoms with Crippen LogP contribution in [-0.2, 0) is 0 Å². The van der Waals surface area contributed by atoms with Crippen LogP contribution in [0.2, 0.25) is 5.15 Å². The van der Waals surface area contributed by atoms with Crippen LogP contribution in [0, 0.1) is 17.0 Å². The maximum absolute atomic E-state index is 11.2. The van der Waals surface area contributed by atoms with Crippen LogP contribution in [0.3, 0.4) is 0 Å². The number of anilines is 1. The number of pyridine rings is 2. The van der Waals surface area contributed by atoms with Crippen molar-refractivity contribution >= 4 is 29.2 Å². The third-order valence-corrected chi connectivity index (χ3v) is 4.44. The second-order valence-corrected chi connectivity index (χ2v) is 6.50. The lowest BCUT2D eigenvalue weighted by Gasteiger charge is -2.29. The Kier molecular flexibility index (Phi) is 5.63. The average molecular weight is 371 g/mol. The standard InChI is InChI=1S/C19H19ClN4O2/c1-14-8-9-17(24(25)26)19(21-14)23-12-10-15(11-13-23)4-2-5-16-6-3-7-18(20)22-16/h2-9H,10-13H2,1H3. The topological polar surface area (TPSA) is 72.2 Å². The highest BCUT2D eigenvalue weighted by Crippen LogP contribution is 2.29. The molecule has 134 valence electrons. The molecule has 3 heterocycles. The van der Waals surface area contributed by atoms with E-state index in [9.17, 15) is 10.1 Å². The molecule has 3 rings (SSSR count). The molecular formula is C19H19ClN4O2. The normalized spacial score (nSPS) is 14.7. The minimum Gasteiger partial charge on any atom is -0.350 e. The first kappa shape index (κ1) is 18.1. The number of hydrogen-bond donors (Lipinski definition) is 0. The van der Waals surface area contributed by atoms with Gasteiger partial charge in [0.2, 0.25) is 5.82 Å². The van der Waals surface area contributed by atoms with E-state index in [4.69, 9.17) is 11.6 Å². The van der Waals surface area contributed by atoms with Gasteiger partial charge in [-0.3, -0.25) is 10.1 Å². The Morgan fingerprint density at radius 1 is 1.19 bits per heavy atom. The maximum atomic E-state index is 11.2. The molecule has 0 aromatic carbocycles. The molecule has 0 saturated carbocycles. The SMILES string of the molecule is Cc1ccc([N+](=O)[O-])c(N2CCC(=CC=Cc3cccc(Cl)n3)CC2)n1. The van der Waals surface area contributed by atoms with Crippen molar-refractivity contribution < 1.29 is 4.92 Å². The molecule has 26 heavy (non-hydrogen) atoms. The largest absolute Gasteiger partial charge is 0.350 e. The van der Waals surface area contributed by atoms with E-state index in [1.165, 1.54) is 11.6 Å². The highest BCUT2D eigenvalue weighted by Gasteiger charge is 2.23. The van der Waals surface area contributed by atoms with Crippen LogP contribution >= 0.6 is 11.6 Å². The first-order valence-electron chi connectivity index (χ1n) is 8.38. The number of rotatable bonds is 4. The van der Waals surface area contributed by atoms with Gasteiger partial charge in [0.05, 0.1) is 10.6 Å². The fourth-order valence-corrected chi connectivity index (χ4v) is 3.05. The molecular weight excluding hydrogens is 352 g/mol. The molecule has 2 aromatic rings. The minimum absolute atomic E-state index is 0.0648. The fraction of sp³-hybridized carbons (Fsp3) is 0.263. The summed E-state index contributed by atoms with van der Waals surface area (Å²) in [7, 11) is 0. The number of allylic oxidation sites excluding steroid dienone is 2. The second-order valence-electron chi connectivity index (χ2n) is 6.11. The zero-order valence-electron chi connectivity index (χ0n) is 14.4. The van der Waals surface area contributed by atoms with E-state index in [1.807, 2.05) is 36.1 Å². The molecule has 1 saturated heterocycles. The van der Waals surface area contributed by atoms with Crippen LogP contribution < -0.4 is 4.90 Å². The summed E-state index contributed by atoms with van der Waals surface area (Å²) in [5, 5.41) is 11.7. The van der Waals surface area contributed by atoms with Gasteiger partial charge in [-0.2, -0.15) is 0 Å². The Labute approximate surface area is 157 Å². The molecule has 0 aliphatic carbocycles. The molecule has 0 N–H and O–H groups in total. The predicted octanol–water partition coefficient (Wildman–Crippen LogP) is 4.59. The van der Waals surface area contributed by atoms with E-state index in [2.05, 4.69) is 16.0 Å². The van der Waals surface area contributed by atoms with Gasteiger partial charge < -0.3 is 4.90 Å². The van der Waals surface area contributed by atoms with E-state index < -0.39 is 0 Å². The van der Waals surface area contributed by atoms with Gasteiger partial charge in [0, 0.05) is 24.8 Å². The van der Waals surface area contributed by atoms with Gasteiger partial charge in [0.15, 0.2) is 0 Å². The van der Waals surface area contributed by atoms with Crippen molar-refractivity contribution in [2.24, 2.45) is 0 Å². The Morgan fingerprint density at radius 2 is 1.96 bits per heavy atom. The third kappa shape index (κ3) is 4.46. The van der Waals surface area contributed by atoms with Crippen LogP contribution in [0.5, 0.6) is 0 Å². The molecule has 6 nitrogen and oxygen atoms in total. The quantitative estimate of drug-likeness (QED) is 0.447. The average Bonchev–Trinajstić information content (AvgIpc) is 2.62. The summed E-state index contributed by atoms with van der Waals surface area (Å²) in [5.41, 5.74) is 2.96. The van der Waals surface area contributed by atoms with Crippen molar-refractivity contribution in [1.29, 1.82) is 0 Å². The van der Waals surface area contributed by atoms with Crippen molar-refractivity contribution in [3.8, 4) is 0 Å². The van der Waals surface area contributed by atoms with Crippen molar-refractivity contribution in [2.45, 2.75) is 19.8 Å². The summed E-state index contributed by atoms with van der Waals surface area (Å²) in [6, 6.07) is 8.70. The highest BCUT2D eigenvalue weighted by atomic mass is 35.5. The van der Waals surface area contributed by atoms with E-state index in [0.717, 1.165) is 24.2 Å². The van der Waals surface area contributed by atoms with Gasteiger partial charge in [-0.25, -0.2) is 9.97 Å². The first-order valence-corrected chi connectivity index (χ1v) is 8.76. The van der Waals surface area contributed by atoms with Gasteiger partial charge in [0.1, 0.15) is 5.15 Å². The predicted molar refractivity (Wildman–Crippen MR) is 103 cm³/mol. The fourth-order valence-electron chi connectivity index (χ4n) is 2.88. The first-order chi connectivity index (χ1) is 12.5. The molecule has 0 bridgehead atoms. The van der Waals surface area contributed by atoms with E-state index in [1.54, 1.807) is 12.1 Å². The lowest BCUT2D eigenvalue weighted by Crippen LogP contribution is -2.32. The Balaban J connectivity index is 1.66. The third-order valence-electron chi connectivity index (χ3n) is 4.23. The Bertz CT molecular complexity index is 870. The number of piperidine rings is 1. The second kappa shape index (κ2) is 8.10. The summed E-state index contributed by atoms with van der Waals surface area (Å²) in [6.45, 7) is 3.27. The van der Waals surface area contributed by atoms with E-state index in [0.29, 0.717) is 24.1 Å². The van der Waals surface area contributed by atoms with Gasteiger partial charge in [0.25, 0.3) is 0 Å². The molecule has 1 aliphatic heterocycles. The Hall–Kier alpha value is -2.73. The summed E-state index contributed by atoms with van der Waals surface area (Å²) >= 11 is 5.87. The van der Waals surface area contributed by atoms with Gasteiger partial charge in [-0.05, 0) is 44.0 Å². The molecule has 0 unspecified atom stereocenters. The number of aromatic nitrogens is 2. The molecule has 0 spiro atoms.